The molecule has 1 saturated carbocycles. The fourth-order valence-corrected chi connectivity index (χ4v) is 3.45. The number of carbonyl (C=O) groups excluding carboxylic acids is 2. The van der Waals surface area contributed by atoms with Crippen LogP contribution >= 0.6 is 0 Å². The first-order valence-electron chi connectivity index (χ1n) is 9.65. The molecule has 0 spiro atoms. The summed E-state index contributed by atoms with van der Waals surface area (Å²) >= 11 is 0. The number of nitrogens with one attached hydrogen (secondary N) is 3. The van der Waals surface area contributed by atoms with Gasteiger partial charge in [-0.2, -0.15) is 0 Å². The van der Waals surface area contributed by atoms with E-state index in [1.165, 1.54) is 0 Å². The molecule has 1 aliphatic rings. The minimum absolute atomic E-state index is 0.0678. The molecular weight excluding hydrogens is 354 g/mol. The fourth-order valence-electron chi connectivity index (χ4n) is 3.45. The Bertz CT molecular complexity index is 845. The van der Waals surface area contributed by atoms with Crippen molar-refractivity contribution in [2.24, 2.45) is 0 Å². The number of amides is 2. The molecule has 2 aromatic rings. The maximum atomic E-state index is 12.6. The first-order chi connectivity index (χ1) is 13.6. The number of hydrogen-bond donors (Lipinski definition) is 3. The number of para-hydroxylation sites is 1. The predicted octanol–water partition coefficient (Wildman–Crippen LogP) is 3.73. The SMILES string of the molecule is COc1ccc(C)cc1NCC(=O)Nc1ccccc1C(=O)NC1CCCC1. The minimum atomic E-state index is -0.232. The molecule has 1 aliphatic carbocycles. The van der Waals surface area contributed by atoms with Crippen molar-refractivity contribution >= 4 is 23.2 Å². The molecule has 3 N–H and O–H groups in total. The summed E-state index contributed by atoms with van der Waals surface area (Å²) in [5, 5.41) is 9.00. The number of benzene rings is 2. The van der Waals surface area contributed by atoms with Gasteiger partial charge in [-0.15, -0.1) is 0 Å². The van der Waals surface area contributed by atoms with Crippen LogP contribution in [-0.4, -0.2) is 31.5 Å². The van der Waals surface area contributed by atoms with E-state index in [4.69, 9.17) is 4.74 Å². The Hall–Kier alpha value is -3.02. The van der Waals surface area contributed by atoms with Gasteiger partial charge < -0.3 is 20.7 Å². The van der Waals surface area contributed by atoms with Gasteiger partial charge in [0.2, 0.25) is 5.91 Å². The minimum Gasteiger partial charge on any atom is -0.495 e. The molecule has 28 heavy (non-hydrogen) atoms. The second kappa shape index (κ2) is 9.26. The van der Waals surface area contributed by atoms with E-state index in [-0.39, 0.29) is 24.4 Å². The summed E-state index contributed by atoms with van der Waals surface area (Å²) in [5.74, 6) is 0.301. The van der Waals surface area contributed by atoms with Gasteiger partial charge in [-0.25, -0.2) is 0 Å². The topological polar surface area (TPSA) is 79.5 Å². The van der Waals surface area contributed by atoms with E-state index in [9.17, 15) is 9.59 Å². The summed E-state index contributed by atoms with van der Waals surface area (Å²) in [6.45, 7) is 2.04. The fraction of sp³-hybridized carbons (Fsp3) is 0.364. The Morgan fingerprint density at radius 3 is 2.57 bits per heavy atom. The number of anilines is 2. The zero-order valence-electron chi connectivity index (χ0n) is 16.4. The zero-order valence-corrected chi connectivity index (χ0v) is 16.4. The summed E-state index contributed by atoms with van der Waals surface area (Å²) < 4.78 is 5.32. The first kappa shape index (κ1) is 19.7. The Labute approximate surface area is 165 Å². The van der Waals surface area contributed by atoms with E-state index >= 15 is 0 Å². The average molecular weight is 381 g/mol. The highest BCUT2D eigenvalue weighted by Crippen LogP contribution is 2.25. The molecule has 0 aliphatic heterocycles. The Balaban J connectivity index is 1.63. The molecule has 6 heteroatoms. The second-order valence-electron chi connectivity index (χ2n) is 7.11. The molecule has 6 nitrogen and oxygen atoms in total. The maximum Gasteiger partial charge on any atom is 0.253 e. The molecule has 148 valence electrons. The van der Waals surface area contributed by atoms with Crippen LogP contribution in [0.25, 0.3) is 0 Å². The van der Waals surface area contributed by atoms with Gasteiger partial charge in [-0.1, -0.05) is 31.0 Å². The van der Waals surface area contributed by atoms with Gasteiger partial charge >= 0.3 is 0 Å². The van der Waals surface area contributed by atoms with Gasteiger partial charge in [0.15, 0.2) is 0 Å². The molecule has 2 aromatic carbocycles. The van der Waals surface area contributed by atoms with Crippen LogP contribution in [0.5, 0.6) is 5.75 Å². The highest BCUT2D eigenvalue weighted by molar-refractivity contribution is 6.04. The van der Waals surface area contributed by atoms with Gasteiger partial charge in [0, 0.05) is 6.04 Å². The normalized spacial score (nSPS) is 13.8. The first-order valence-corrected chi connectivity index (χ1v) is 9.65. The molecule has 0 bridgehead atoms. The quantitative estimate of drug-likeness (QED) is 0.683. The van der Waals surface area contributed by atoms with Crippen molar-refractivity contribution in [3.63, 3.8) is 0 Å². The van der Waals surface area contributed by atoms with Crippen LogP contribution in [0, 0.1) is 6.92 Å². The maximum absolute atomic E-state index is 12.6. The van der Waals surface area contributed by atoms with Crippen LogP contribution in [0.15, 0.2) is 42.5 Å². The van der Waals surface area contributed by atoms with Crippen molar-refractivity contribution < 1.29 is 14.3 Å². The highest BCUT2D eigenvalue weighted by atomic mass is 16.5. The smallest absolute Gasteiger partial charge is 0.253 e. The van der Waals surface area contributed by atoms with Crippen molar-refractivity contribution in [3.8, 4) is 5.75 Å². The van der Waals surface area contributed by atoms with Crippen molar-refractivity contribution in [2.45, 2.75) is 38.6 Å². The number of methoxy groups -OCH3 is 1. The summed E-state index contributed by atoms with van der Waals surface area (Å²) in [7, 11) is 1.59. The summed E-state index contributed by atoms with van der Waals surface area (Å²) in [4.78, 5) is 25.1. The molecule has 0 atom stereocenters. The van der Waals surface area contributed by atoms with Gasteiger partial charge in [0.1, 0.15) is 5.75 Å². The van der Waals surface area contributed by atoms with Gasteiger partial charge in [0.25, 0.3) is 5.91 Å². The molecular formula is C22H27N3O3. The van der Waals surface area contributed by atoms with Crippen LogP contribution in [0.4, 0.5) is 11.4 Å². The van der Waals surface area contributed by atoms with Gasteiger partial charge in [-0.05, 0) is 49.6 Å². The number of aryl methyl sites for hydroxylation is 1. The lowest BCUT2D eigenvalue weighted by molar-refractivity contribution is -0.114. The molecule has 1 fully saturated rings. The number of ether oxygens (including phenoxy) is 1. The Morgan fingerprint density at radius 2 is 1.82 bits per heavy atom. The van der Waals surface area contributed by atoms with Gasteiger partial charge in [-0.3, -0.25) is 9.59 Å². The second-order valence-corrected chi connectivity index (χ2v) is 7.11. The third-order valence-corrected chi connectivity index (χ3v) is 4.93. The zero-order chi connectivity index (χ0) is 19.9. The molecule has 0 radical (unpaired) electrons. The lowest BCUT2D eigenvalue weighted by Gasteiger charge is -2.16. The lowest BCUT2D eigenvalue weighted by Crippen LogP contribution is -2.33. The number of carbonyl (C=O) groups is 2. The highest BCUT2D eigenvalue weighted by Gasteiger charge is 2.20. The Kier molecular flexibility index (Phi) is 6.53. The molecule has 0 heterocycles. The molecule has 0 aromatic heterocycles. The summed E-state index contributed by atoms with van der Waals surface area (Å²) in [6.07, 6.45) is 4.33. The molecule has 0 unspecified atom stereocenters. The van der Waals surface area contributed by atoms with Crippen LogP contribution in [0.1, 0.15) is 41.6 Å². The largest absolute Gasteiger partial charge is 0.495 e. The van der Waals surface area contributed by atoms with Gasteiger partial charge in [0.05, 0.1) is 30.6 Å². The van der Waals surface area contributed by atoms with E-state index in [0.717, 1.165) is 36.9 Å². The van der Waals surface area contributed by atoms with Crippen molar-refractivity contribution in [1.29, 1.82) is 0 Å². The van der Waals surface area contributed by atoms with Crippen LogP contribution < -0.4 is 20.7 Å². The number of rotatable bonds is 7. The monoisotopic (exact) mass is 381 g/mol. The van der Waals surface area contributed by atoms with Crippen molar-refractivity contribution in [3.05, 3.63) is 53.6 Å². The van der Waals surface area contributed by atoms with Crippen LogP contribution in [0.3, 0.4) is 0 Å². The molecule has 0 saturated heterocycles. The Morgan fingerprint density at radius 1 is 1.07 bits per heavy atom. The van der Waals surface area contributed by atoms with E-state index < -0.39 is 0 Å². The van der Waals surface area contributed by atoms with Crippen molar-refractivity contribution in [1.82, 2.24) is 5.32 Å². The van der Waals surface area contributed by atoms with Crippen LogP contribution in [0.2, 0.25) is 0 Å². The van der Waals surface area contributed by atoms with E-state index in [1.807, 2.05) is 25.1 Å². The summed E-state index contributed by atoms with van der Waals surface area (Å²) in [5.41, 5.74) is 2.82. The average Bonchev–Trinajstić information content (AvgIpc) is 3.20. The summed E-state index contributed by atoms with van der Waals surface area (Å²) in [6, 6.07) is 13.0. The lowest BCUT2D eigenvalue weighted by atomic mass is 10.1. The predicted molar refractivity (Wildman–Crippen MR) is 111 cm³/mol. The number of hydrogen-bond acceptors (Lipinski definition) is 4. The van der Waals surface area contributed by atoms with Crippen molar-refractivity contribution in [2.75, 3.05) is 24.3 Å². The van der Waals surface area contributed by atoms with Crippen LogP contribution in [-0.2, 0) is 4.79 Å². The van der Waals surface area contributed by atoms with E-state index in [0.29, 0.717) is 17.0 Å². The van der Waals surface area contributed by atoms with E-state index in [2.05, 4.69) is 16.0 Å². The third kappa shape index (κ3) is 5.03. The van der Waals surface area contributed by atoms with E-state index in [1.54, 1.807) is 31.4 Å². The third-order valence-electron chi connectivity index (χ3n) is 4.93. The standard InChI is InChI=1S/C22H27N3O3/c1-15-11-12-20(28-2)19(13-15)23-14-21(26)25-18-10-6-5-9-17(18)22(27)24-16-7-3-4-8-16/h5-6,9-13,16,23H,3-4,7-8,14H2,1-2H3,(H,24,27)(H,25,26). The molecule has 2 amide bonds. The molecule has 3 rings (SSSR count).